The molecule has 1 aromatic heterocycles. The van der Waals surface area contributed by atoms with Gasteiger partial charge in [-0.3, -0.25) is 4.79 Å². The van der Waals surface area contributed by atoms with Crippen molar-refractivity contribution >= 4 is 45.0 Å². The van der Waals surface area contributed by atoms with Crippen LogP contribution in [0.3, 0.4) is 0 Å². The first-order chi connectivity index (χ1) is 13.1. The van der Waals surface area contributed by atoms with Crippen LogP contribution in [0.25, 0.3) is 10.2 Å². The first kappa shape index (κ1) is 20.1. The molecule has 0 aliphatic carbocycles. The quantitative estimate of drug-likeness (QED) is 0.653. The molecule has 0 spiro atoms. The van der Waals surface area contributed by atoms with Crippen molar-refractivity contribution in [1.82, 2.24) is 4.57 Å². The van der Waals surface area contributed by atoms with E-state index in [0.29, 0.717) is 21.3 Å². The highest BCUT2D eigenvalue weighted by Crippen LogP contribution is 2.30. The number of benzene rings is 2. The second kappa shape index (κ2) is 7.40. The first-order valence-corrected chi connectivity index (χ1v) is 9.07. The van der Waals surface area contributed by atoms with Crippen LogP contribution in [0.1, 0.15) is 28.9 Å². The number of thiazole rings is 1. The van der Waals surface area contributed by atoms with Crippen LogP contribution >= 0.6 is 22.9 Å². The summed E-state index contributed by atoms with van der Waals surface area (Å²) < 4.78 is 40.5. The average Bonchev–Trinajstić information content (AvgIpc) is 2.96. The number of hydrogen-bond acceptors (Lipinski definition) is 3. The Morgan fingerprint density at radius 2 is 1.93 bits per heavy atom. The topological polar surface area (TPSA) is 71.7 Å². The van der Waals surface area contributed by atoms with Crippen LogP contribution in [0.15, 0.2) is 47.5 Å². The van der Waals surface area contributed by atoms with Crippen LogP contribution in [0.2, 0.25) is 5.02 Å². The molecule has 1 unspecified atom stereocenters. The Balaban J connectivity index is 2.17. The number of alkyl halides is 3. The molecule has 0 saturated heterocycles. The summed E-state index contributed by atoms with van der Waals surface area (Å²) in [5, 5.41) is 9.79. The van der Waals surface area contributed by atoms with E-state index in [1.165, 1.54) is 17.6 Å². The van der Waals surface area contributed by atoms with Gasteiger partial charge < -0.3 is 9.67 Å². The van der Waals surface area contributed by atoms with E-state index in [2.05, 4.69) is 4.99 Å². The van der Waals surface area contributed by atoms with Crippen LogP contribution in [-0.4, -0.2) is 21.6 Å². The average molecular weight is 429 g/mol. The molecular weight excluding hydrogens is 417 g/mol. The van der Waals surface area contributed by atoms with Gasteiger partial charge in [-0.25, -0.2) is 4.79 Å². The Hall–Kier alpha value is -2.65. The highest BCUT2D eigenvalue weighted by atomic mass is 35.5. The standard InChI is InChI=1S/C18H12ClF3N2O3S/c1-9(16(26)27)24-13-6-5-12(19)8-14(13)28-17(24)23-15(25)10-3-2-4-11(7-10)18(20,21)22/h2-9H,1H3,(H,26,27). The Bertz CT molecular complexity index is 1150. The van der Waals surface area contributed by atoms with Gasteiger partial charge in [0, 0.05) is 10.6 Å². The zero-order chi connectivity index (χ0) is 20.6. The van der Waals surface area contributed by atoms with Crippen molar-refractivity contribution < 1.29 is 27.9 Å². The number of hydrogen-bond donors (Lipinski definition) is 1. The van der Waals surface area contributed by atoms with Crippen molar-refractivity contribution in [3.63, 3.8) is 0 Å². The van der Waals surface area contributed by atoms with Crippen molar-refractivity contribution in [2.45, 2.75) is 19.1 Å². The Kier molecular flexibility index (Phi) is 5.31. The van der Waals surface area contributed by atoms with Crippen molar-refractivity contribution in [2.75, 3.05) is 0 Å². The zero-order valence-electron chi connectivity index (χ0n) is 14.2. The summed E-state index contributed by atoms with van der Waals surface area (Å²) in [6.07, 6.45) is -4.59. The number of halogens is 4. The fraction of sp³-hybridized carbons (Fsp3) is 0.167. The molecular formula is C18H12ClF3N2O3S. The minimum absolute atomic E-state index is 0.0505. The second-order valence-electron chi connectivity index (χ2n) is 5.88. The highest BCUT2D eigenvalue weighted by molar-refractivity contribution is 7.16. The minimum Gasteiger partial charge on any atom is -0.480 e. The van der Waals surface area contributed by atoms with E-state index in [1.54, 1.807) is 18.2 Å². The lowest BCUT2D eigenvalue weighted by Crippen LogP contribution is -2.25. The van der Waals surface area contributed by atoms with Crippen LogP contribution in [0.4, 0.5) is 13.2 Å². The molecule has 0 bridgehead atoms. The number of aliphatic carboxylic acids is 1. The molecule has 10 heteroatoms. The van der Waals surface area contributed by atoms with Crippen molar-refractivity contribution in [3.8, 4) is 0 Å². The number of nitrogens with zero attached hydrogens (tertiary/aromatic N) is 2. The van der Waals surface area contributed by atoms with Crippen molar-refractivity contribution in [2.24, 2.45) is 4.99 Å². The number of carboxylic acids is 1. The number of carbonyl (C=O) groups excluding carboxylic acids is 1. The van der Waals surface area contributed by atoms with Crippen LogP contribution in [0.5, 0.6) is 0 Å². The summed E-state index contributed by atoms with van der Waals surface area (Å²) in [6.45, 7) is 1.41. The third-order valence-corrected chi connectivity index (χ3v) is 5.22. The molecule has 3 rings (SSSR count). The summed E-state index contributed by atoms with van der Waals surface area (Å²) in [7, 11) is 0. The maximum Gasteiger partial charge on any atom is 0.416 e. The summed E-state index contributed by atoms with van der Waals surface area (Å²) >= 11 is 6.98. The largest absolute Gasteiger partial charge is 0.480 e. The molecule has 1 heterocycles. The van der Waals surface area contributed by atoms with Crippen LogP contribution < -0.4 is 4.80 Å². The van der Waals surface area contributed by atoms with E-state index in [4.69, 9.17) is 11.6 Å². The molecule has 5 nitrogen and oxygen atoms in total. The molecule has 0 aliphatic rings. The number of rotatable bonds is 3. The molecule has 1 N–H and O–H groups in total. The summed E-state index contributed by atoms with van der Waals surface area (Å²) in [5.41, 5.74) is -0.719. The Labute approximate surface area is 165 Å². The van der Waals surface area contributed by atoms with E-state index in [9.17, 15) is 27.9 Å². The normalized spacial score (nSPS) is 13.7. The fourth-order valence-electron chi connectivity index (χ4n) is 2.56. The molecule has 28 heavy (non-hydrogen) atoms. The molecule has 3 aromatic rings. The van der Waals surface area contributed by atoms with Gasteiger partial charge in [-0.05, 0) is 43.3 Å². The summed E-state index contributed by atoms with van der Waals surface area (Å²) in [5.74, 6) is -2.06. The number of carbonyl (C=O) groups is 2. The SMILES string of the molecule is CC(C(=O)O)n1c(=NC(=O)c2cccc(C(F)(F)F)c2)sc2cc(Cl)ccc21. The van der Waals surface area contributed by atoms with Crippen LogP contribution in [-0.2, 0) is 11.0 Å². The van der Waals surface area contributed by atoms with Gasteiger partial charge in [-0.15, -0.1) is 0 Å². The summed E-state index contributed by atoms with van der Waals surface area (Å²) in [6, 6.07) is 7.61. The van der Waals surface area contributed by atoms with Crippen molar-refractivity contribution in [1.29, 1.82) is 0 Å². The number of amides is 1. The molecule has 146 valence electrons. The maximum atomic E-state index is 12.9. The number of aromatic nitrogens is 1. The predicted molar refractivity (Wildman–Crippen MR) is 98.5 cm³/mol. The molecule has 0 radical (unpaired) electrons. The van der Waals surface area contributed by atoms with E-state index in [1.807, 2.05) is 0 Å². The van der Waals surface area contributed by atoms with Gasteiger partial charge in [0.15, 0.2) is 4.80 Å². The van der Waals surface area contributed by atoms with Crippen molar-refractivity contribution in [3.05, 3.63) is 63.4 Å². The molecule has 1 atom stereocenters. The first-order valence-electron chi connectivity index (χ1n) is 7.87. The maximum absolute atomic E-state index is 12.9. The zero-order valence-corrected chi connectivity index (χ0v) is 15.8. The molecule has 0 fully saturated rings. The van der Waals surface area contributed by atoms with Crippen LogP contribution in [0, 0.1) is 0 Å². The van der Waals surface area contributed by atoms with Gasteiger partial charge >= 0.3 is 12.1 Å². The highest BCUT2D eigenvalue weighted by Gasteiger charge is 2.31. The van der Waals surface area contributed by atoms with Gasteiger partial charge in [0.25, 0.3) is 5.91 Å². The lowest BCUT2D eigenvalue weighted by molar-refractivity contribution is -0.140. The fourth-order valence-corrected chi connectivity index (χ4v) is 3.93. The number of fused-ring (bicyclic) bond motifs is 1. The molecule has 0 aliphatic heterocycles. The number of carboxylic acid groups (broad SMARTS) is 1. The molecule has 0 saturated carbocycles. The van der Waals surface area contributed by atoms with E-state index in [-0.39, 0.29) is 10.4 Å². The smallest absolute Gasteiger partial charge is 0.416 e. The van der Waals surface area contributed by atoms with E-state index >= 15 is 0 Å². The molecule has 1 amide bonds. The second-order valence-corrected chi connectivity index (χ2v) is 7.32. The Morgan fingerprint density at radius 1 is 1.21 bits per heavy atom. The summed E-state index contributed by atoms with van der Waals surface area (Å²) in [4.78, 5) is 27.9. The van der Waals surface area contributed by atoms with Gasteiger partial charge in [0.2, 0.25) is 0 Å². The lowest BCUT2D eigenvalue weighted by atomic mass is 10.1. The minimum atomic E-state index is -4.59. The third kappa shape index (κ3) is 3.95. The lowest BCUT2D eigenvalue weighted by Gasteiger charge is -2.10. The molecule has 2 aromatic carbocycles. The van der Waals surface area contributed by atoms with Gasteiger partial charge in [0.1, 0.15) is 6.04 Å². The van der Waals surface area contributed by atoms with E-state index in [0.717, 1.165) is 23.5 Å². The third-order valence-electron chi connectivity index (χ3n) is 3.97. The Morgan fingerprint density at radius 3 is 2.57 bits per heavy atom. The van der Waals surface area contributed by atoms with Gasteiger partial charge in [0.05, 0.1) is 15.8 Å². The predicted octanol–water partition coefficient (Wildman–Crippen LogP) is 4.76. The van der Waals surface area contributed by atoms with Gasteiger partial charge in [-0.2, -0.15) is 18.2 Å². The van der Waals surface area contributed by atoms with E-state index < -0.39 is 29.7 Å². The monoisotopic (exact) mass is 428 g/mol. The van der Waals surface area contributed by atoms with Gasteiger partial charge in [-0.1, -0.05) is 29.0 Å².